The molecule has 1 aromatic rings. The highest BCUT2D eigenvalue weighted by molar-refractivity contribution is 8.26. The first-order valence-electron chi connectivity index (χ1n) is 6.51. The molecule has 0 radical (unpaired) electrons. The van der Waals surface area contributed by atoms with E-state index < -0.39 is 18.0 Å². The topological polar surface area (TPSA) is 86.7 Å². The van der Waals surface area contributed by atoms with Gasteiger partial charge < -0.3 is 14.6 Å². The maximum Gasteiger partial charge on any atom is 0.328 e. The molecule has 8 heteroatoms. The van der Waals surface area contributed by atoms with Gasteiger partial charge in [-0.3, -0.25) is 9.69 Å². The van der Waals surface area contributed by atoms with Crippen LogP contribution in [0.15, 0.2) is 29.2 Å². The van der Waals surface area contributed by atoms with Crippen LogP contribution in [0.2, 0.25) is 0 Å². The first-order chi connectivity index (χ1) is 10.8. The highest BCUT2D eigenvalue weighted by Crippen LogP contribution is 2.34. The summed E-state index contributed by atoms with van der Waals surface area (Å²) in [5.41, 5.74) is 0.690. The summed E-state index contributed by atoms with van der Waals surface area (Å²) >= 11 is 6.22. The average molecular weight is 350 g/mol. The third kappa shape index (κ3) is 3.59. The first-order valence-corrected chi connectivity index (χ1v) is 7.74. The summed E-state index contributed by atoms with van der Waals surface area (Å²) < 4.78 is 4.90. The summed E-state index contributed by atoms with van der Waals surface area (Å²) in [6, 6.07) is 5.08. The molecule has 1 aliphatic rings. The molecule has 1 atom stereocenters. The zero-order valence-electron chi connectivity index (χ0n) is 12.3. The van der Waals surface area contributed by atoms with E-state index in [1.165, 1.54) is 31.1 Å². The molecule has 1 heterocycles. The smallest absolute Gasteiger partial charge is 0.328 e. The molecule has 0 saturated carbocycles. The molecule has 1 saturated heterocycles. The summed E-state index contributed by atoms with van der Waals surface area (Å²) in [7, 11) is 1.24. The number of amides is 1. The predicted molar refractivity (Wildman–Crippen MR) is 87.3 cm³/mol. The van der Waals surface area contributed by atoms with Gasteiger partial charge in [0.25, 0.3) is 5.91 Å². The Balaban J connectivity index is 2.24. The largest absolute Gasteiger partial charge is 0.545 e. The van der Waals surface area contributed by atoms with Crippen molar-refractivity contribution in [2.45, 2.75) is 13.0 Å². The highest BCUT2D eigenvalue weighted by Gasteiger charge is 2.38. The fourth-order valence-electron chi connectivity index (χ4n) is 1.96. The lowest BCUT2D eigenvalue weighted by molar-refractivity contribution is -0.255. The Morgan fingerprint density at radius 2 is 1.96 bits per heavy atom. The summed E-state index contributed by atoms with van der Waals surface area (Å²) in [6.07, 6.45) is 1.59. The third-order valence-electron chi connectivity index (χ3n) is 3.20. The van der Waals surface area contributed by atoms with Crippen LogP contribution in [-0.4, -0.2) is 40.2 Å². The molecular weight excluding hydrogens is 338 g/mol. The standard InChI is InChI=1S/C15H13NO5S2/c1-8(14(20)21-2)16-12(17)11(23-15(16)22)7-9-3-5-10(6-4-9)13(18)19/h3-8H,1-2H3,(H,18,19)/p-1. The fourth-order valence-corrected chi connectivity index (χ4v) is 3.38. The van der Waals surface area contributed by atoms with E-state index in [4.69, 9.17) is 12.2 Å². The number of aromatic carboxylic acids is 1. The first kappa shape index (κ1) is 17.2. The highest BCUT2D eigenvalue weighted by atomic mass is 32.2. The molecule has 1 fully saturated rings. The van der Waals surface area contributed by atoms with Crippen molar-refractivity contribution < 1.29 is 24.2 Å². The van der Waals surface area contributed by atoms with Crippen molar-refractivity contribution in [2.75, 3.05) is 7.11 Å². The van der Waals surface area contributed by atoms with Crippen LogP contribution in [0.3, 0.4) is 0 Å². The van der Waals surface area contributed by atoms with E-state index in [1.54, 1.807) is 18.2 Å². The number of carbonyl (C=O) groups excluding carboxylic acids is 3. The Bertz CT molecular complexity index is 711. The molecule has 6 nitrogen and oxygen atoms in total. The van der Waals surface area contributed by atoms with E-state index in [0.29, 0.717) is 10.5 Å². The number of methoxy groups -OCH3 is 1. The molecule has 1 amide bonds. The molecular formula is C15H12NO5S2-. The number of esters is 1. The number of ether oxygens (including phenoxy) is 1. The van der Waals surface area contributed by atoms with Crippen LogP contribution in [-0.2, 0) is 14.3 Å². The normalized spacial score (nSPS) is 17.5. The molecule has 0 N–H and O–H groups in total. The van der Waals surface area contributed by atoms with Crippen LogP contribution >= 0.6 is 24.0 Å². The van der Waals surface area contributed by atoms with E-state index in [0.717, 1.165) is 11.8 Å². The summed E-state index contributed by atoms with van der Waals surface area (Å²) in [4.78, 5) is 36.2. The zero-order valence-corrected chi connectivity index (χ0v) is 13.9. The maximum atomic E-state index is 12.4. The van der Waals surface area contributed by atoms with Gasteiger partial charge in [0.15, 0.2) is 0 Å². The average Bonchev–Trinajstić information content (AvgIpc) is 2.80. The Morgan fingerprint density at radius 3 is 2.48 bits per heavy atom. The Kier molecular flexibility index (Phi) is 5.17. The SMILES string of the molecule is COC(=O)C(C)N1C(=O)C(=Cc2ccc(C(=O)[O-])cc2)SC1=S. The molecule has 1 aliphatic heterocycles. The molecule has 0 spiro atoms. The molecule has 0 bridgehead atoms. The molecule has 23 heavy (non-hydrogen) atoms. The molecule has 1 unspecified atom stereocenters. The van der Waals surface area contributed by atoms with Gasteiger partial charge in [0.1, 0.15) is 10.4 Å². The Hall–Kier alpha value is -2.19. The van der Waals surface area contributed by atoms with E-state index in [1.807, 2.05) is 0 Å². The van der Waals surface area contributed by atoms with E-state index in [-0.39, 0.29) is 15.8 Å². The van der Waals surface area contributed by atoms with E-state index in [2.05, 4.69) is 4.74 Å². The predicted octanol–water partition coefficient (Wildman–Crippen LogP) is 0.813. The zero-order chi connectivity index (χ0) is 17.1. The van der Waals surface area contributed by atoms with Crippen LogP contribution in [0.25, 0.3) is 6.08 Å². The summed E-state index contributed by atoms with van der Waals surface area (Å²) in [6.45, 7) is 1.54. The van der Waals surface area contributed by atoms with Crippen LogP contribution in [0.5, 0.6) is 0 Å². The number of benzene rings is 1. The van der Waals surface area contributed by atoms with Gasteiger partial charge in [-0.25, -0.2) is 4.79 Å². The number of thiocarbonyl (C=S) groups is 1. The minimum Gasteiger partial charge on any atom is -0.545 e. The lowest BCUT2D eigenvalue weighted by atomic mass is 10.1. The third-order valence-corrected chi connectivity index (χ3v) is 4.53. The Labute approximate surface area is 142 Å². The number of hydrogen-bond acceptors (Lipinski definition) is 7. The van der Waals surface area contributed by atoms with Gasteiger partial charge in [0.2, 0.25) is 0 Å². The second kappa shape index (κ2) is 6.93. The molecule has 1 aromatic carbocycles. The molecule has 0 aromatic heterocycles. The number of rotatable bonds is 4. The number of thioether (sulfide) groups is 1. The minimum atomic E-state index is -1.27. The monoisotopic (exact) mass is 350 g/mol. The van der Waals surface area contributed by atoms with Gasteiger partial charge in [0, 0.05) is 0 Å². The second-order valence-electron chi connectivity index (χ2n) is 4.66. The van der Waals surface area contributed by atoms with E-state index in [9.17, 15) is 19.5 Å². The van der Waals surface area contributed by atoms with Crippen molar-refractivity contribution in [3.05, 3.63) is 40.3 Å². The number of carbonyl (C=O) groups is 3. The van der Waals surface area contributed by atoms with Crippen molar-refractivity contribution in [3.63, 3.8) is 0 Å². The lowest BCUT2D eigenvalue weighted by Gasteiger charge is -2.20. The van der Waals surface area contributed by atoms with Crippen molar-refractivity contribution in [1.82, 2.24) is 4.90 Å². The second-order valence-corrected chi connectivity index (χ2v) is 6.34. The van der Waals surface area contributed by atoms with Crippen LogP contribution in [0.4, 0.5) is 0 Å². The quantitative estimate of drug-likeness (QED) is 0.451. The van der Waals surface area contributed by atoms with Gasteiger partial charge in [0.05, 0.1) is 18.0 Å². The van der Waals surface area contributed by atoms with Gasteiger partial charge >= 0.3 is 5.97 Å². The van der Waals surface area contributed by atoms with Crippen LogP contribution in [0.1, 0.15) is 22.8 Å². The Morgan fingerprint density at radius 1 is 1.35 bits per heavy atom. The summed E-state index contributed by atoms with van der Waals surface area (Å²) in [5, 5.41) is 10.7. The van der Waals surface area contributed by atoms with E-state index >= 15 is 0 Å². The van der Waals surface area contributed by atoms with Gasteiger partial charge in [-0.15, -0.1) is 0 Å². The minimum absolute atomic E-state index is 0.0500. The molecule has 0 aliphatic carbocycles. The summed E-state index contributed by atoms with van der Waals surface area (Å²) in [5.74, 6) is -2.21. The number of carboxylic acids is 1. The van der Waals surface area contributed by atoms with Crippen molar-refractivity contribution in [2.24, 2.45) is 0 Å². The van der Waals surface area contributed by atoms with Crippen molar-refractivity contribution in [3.8, 4) is 0 Å². The van der Waals surface area contributed by atoms with Crippen LogP contribution in [0, 0.1) is 0 Å². The van der Waals surface area contributed by atoms with Gasteiger partial charge in [-0.05, 0) is 24.1 Å². The number of nitrogens with zero attached hydrogens (tertiary/aromatic N) is 1. The van der Waals surface area contributed by atoms with Gasteiger partial charge in [-0.2, -0.15) is 0 Å². The molecule has 120 valence electrons. The van der Waals surface area contributed by atoms with Gasteiger partial charge in [-0.1, -0.05) is 48.2 Å². The van der Waals surface area contributed by atoms with Crippen molar-refractivity contribution >= 4 is 52.2 Å². The van der Waals surface area contributed by atoms with Crippen molar-refractivity contribution in [1.29, 1.82) is 0 Å². The molecule has 2 rings (SSSR count). The fraction of sp³-hybridized carbons (Fsp3) is 0.200. The van der Waals surface area contributed by atoms with Crippen LogP contribution < -0.4 is 5.11 Å². The number of hydrogen-bond donors (Lipinski definition) is 0. The number of carboxylic acid groups (broad SMARTS) is 1. The lowest BCUT2D eigenvalue weighted by Crippen LogP contribution is -2.42. The maximum absolute atomic E-state index is 12.4.